The Hall–Kier alpha value is -2.75. The van der Waals surface area contributed by atoms with E-state index in [4.69, 9.17) is 10.2 Å². The van der Waals surface area contributed by atoms with Gasteiger partial charge in [0.2, 0.25) is 11.6 Å². The summed E-state index contributed by atoms with van der Waals surface area (Å²) < 4.78 is 1.37. The molecule has 0 spiro atoms. The number of halogens is 1. The fourth-order valence-electron chi connectivity index (χ4n) is 1.67. The number of carboxylic acid groups (broad SMARTS) is 2. The van der Waals surface area contributed by atoms with Crippen LogP contribution in [0, 0.1) is 0 Å². The Morgan fingerprint density at radius 2 is 1.86 bits per heavy atom. The number of nitrogens with one attached hydrogen (secondary N) is 1. The molecule has 0 aliphatic heterocycles. The number of para-hydroxylation sites is 1. The van der Waals surface area contributed by atoms with Crippen LogP contribution in [-0.4, -0.2) is 43.1 Å². The summed E-state index contributed by atoms with van der Waals surface area (Å²) in [4.78, 5) is 33.9. The smallest absolute Gasteiger partial charge is 0.359 e. The van der Waals surface area contributed by atoms with Crippen LogP contribution in [0.5, 0.6) is 0 Å². The molecule has 0 saturated heterocycles. The van der Waals surface area contributed by atoms with Crippen LogP contribution in [0.15, 0.2) is 28.7 Å². The number of carboxylic acids is 2. The first kappa shape index (κ1) is 15.6. The highest BCUT2D eigenvalue weighted by molar-refractivity contribution is 9.10. The summed E-state index contributed by atoms with van der Waals surface area (Å²) in [6, 6.07) is 6.83. The maximum atomic E-state index is 11.9. The fraction of sp³-hybridized carbons (Fsp3) is 0.0833. The summed E-state index contributed by atoms with van der Waals surface area (Å²) in [5.74, 6) is -3.64. The van der Waals surface area contributed by atoms with E-state index in [0.29, 0.717) is 10.2 Å². The molecule has 10 heteroatoms. The first-order valence-electron chi connectivity index (χ1n) is 5.84. The zero-order valence-corrected chi connectivity index (χ0v) is 12.4. The van der Waals surface area contributed by atoms with Crippen molar-refractivity contribution >= 4 is 39.5 Å². The van der Waals surface area contributed by atoms with Gasteiger partial charge in [0, 0.05) is 4.47 Å². The highest BCUT2D eigenvalue weighted by Gasteiger charge is 2.25. The molecule has 114 valence electrons. The second-order valence-electron chi connectivity index (χ2n) is 4.08. The van der Waals surface area contributed by atoms with Crippen molar-refractivity contribution in [3.63, 3.8) is 0 Å². The van der Waals surface area contributed by atoms with E-state index in [1.54, 1.807) is 24.3 Å². The Morgan fingerprint density at radius 1 is 1.18 bits per heavy atom. The van der Waals surface area contributed by atoms with Crippen LogP contribution in [0.25, 0.3) is 0 Å². The predicted molar refractivity (Wildman–Crippen MR) is 76.7 cm³/mol. The highest BCUT2D eigenvalue weighted by atomic mass is 79.9. The van der Waals surface area contributed by atoms with Gasteiger partial charge >= 0.3 is 11.9 Å². The molecule has 0 saturated carbocycles. The van der Waals surface area contributed by atoms with Crippen molar-refractivity contribution in [1.82, 2.24) is 15.0 Å². The zero-order chi connectivity index (χ0) is 16.3. The quantitative estimate of drug-likeness (QED) is 0.718. The third-order valence-electron chi connectivity index (χ3n) is 2.58. The van der Waals surface area contributed by atoms with Gasteiger partial charge in [0.1, 0.15) is 6.54 Å². The maximum Gasteiger partial charge on any atom is 0.359 e. The molecule has 3 N–H and O–H groups in total. The monoisotopic (exact) mass is 368 g/mol. The summed E-state index contributed by atoms with van der Waals surface area (Å²) in [7, 11) is 0. The summed E-state index contributed by atoms with van der Waals surface area (Å²) in [5.41, 5.74) is -0.890. The Morgan fingerprint density at radius 3 is 2.45 bits per heavy atom. The molecular formula is C12H9BrN4O5. The second-order valence-corrected chi connectivity index (χ2v) is 4.94. The van der Waals surface area contributed by atoms with Crippen molar-refractivity contribution in [3.05, 3.63) is 40.1 Å². The molecule has 1 aromatic carbocycles. The molecule has 0 unspecified atom stereocenters. The number of amides is 1. The van der Waals surface area contributed by atoms with E-state index in [1.807, 2.05) is 0 Å². The lowest BCUT2D eigenvalue weighted by Crippen LogP contribution is -2.23. The predicted octanol–water partition coefficient (Wildman–Crippen LogP) is 1.08. The van der Waals surface area contributed by atoms with E-state index < -0.39 is 35.8 Å². The summed E-state index contributed by atoms with van der Waals surface area (Å²) in [6.07, 6.45) is 0. The van der Waals surface area contributed by atoms with Gasteiger partial charge in [-0.1, -0.05) is 17.3 Å². The Balaban J connectivity index is 2.21. The highest BCUT2D eigenvalue weighted by Crippen LogP contribution is 2.21. The minimum Gasteiger partial charge on any atom is -0.476 e. The van der Waals surface area contributed by atoms with Gasteiger partial charge < -0.3 is 15.5 Å². The van der Waals surface area contributed by atoms with Crippen LogP contribution in [-0.2, 0) is 11.3 Å². The minimum atomic E-state index is -1.53. The van der Waals surface area contributed by atoms with E-state index in [-0.39, 0.29) is 0 Å². The number of aromatic nitrogens is 3. The molecule has 1 amide bonds. The Labute approximate surface area is 131 Å². The largest absolute Gasteiger partial charge is 0.476 e. The van der Waals surface area contributed by atoms with Crippen LogP contribution in [0.4, 0.5) is 5.69 Å². The number of carbonyl (C=O) groups excluding carboxylic acids is 1. The van der Waals surface area contributed by atoms with Gasteiger partial charge in [0.25, 0.3) is 0 Å². The second kappa shape index (κ2) is 6.35. The van der Waals surface area contributed by atoms with Crippen molar-refractivity contribution in [1.29, 1.82) is 0 Å². The number of hydrogen-bond acceptors (Lipinski definition) is 5. The average molecular weight is 369 g/mol. The van der Waals surface area contributed by atoms with E-state index in [0.717, 1.165) is 4.68 Å². The van der Waals surface area contributed by atoms with Gasteiger partial charge in [-0.05, 0) is 28.1 Å². The third-order valence-corrected chi connectivity index (χ3v) is 3.27. The molecule has 1 heterocycles. The number of anilines is 1. The third kappa shape index (κ3) is 3.28. The molecule has 0 bridgehead atoms. The molecule has 0 fully saturated rings. The van der Waals surface area contributed by atoms with Gasteiger partial charge in [-0.3, -0.25) is 4.79 Å². The number of benzene rings is 1. The van der Waals surface area contributed by atoms with Crippen LogP contribution in [0.3, 0.4) is 0 Å². The molecular weight excluding hydrogens is 360 g/mol. The lowest BCUT2D eigenvalue weighted by Gasteiger charge is -2.07. The van der Waals surface area contributed by atoms with Crippen LogP contribution >= 0.6 is 15.9 Å². The van der Waals surface area contributed by atoms with Gasteiger partial charge in [-0.25, -0.2) is 14.3 Å². The van der Waals surface area contributed by atoms with Crippen LogP contribution in [0.1, 0.15) is 21.0 Å². The number of rotatable bonds is 5. The molecule has 1 aromatic heterocycles. The molecule has 0 atom stereocenters. The standard InChI is InChI=1S/C12H9BrN4O5/c13-6-3-1-2-4-7(6)14-8(18)5-17-10(12(21)22)9(11(19)20)15-16-17/h1-4H,5H2,(H,14,18)(H,19,20)(H,21,22). The molecule has 0 aliphatic carbocycles. The number of hydrogen-bond donors (Lipinski definition) is 3. The first-order valence-corrected chi connectivity index (χ1v) is 6.64. The van der Waals surface area contributed by atoms with Crippen molar-refractivity contribution < 1.29 is 24.6 Å². The zero-order valence-electron chi connectivity index (χ0n) is 10.9. The lowest BCUT2D eigenvalue weighted by atomic mass is 10.3. The molecule has 22 heavy (non-hydrogen) atoms. The summed E-state index contributed by atoms with van der Waals surface area (Å²) >= 11 is 3.25. The topological polar surface area (TPSA) is 134 Å². The minimum absolute atomic E-state index is 0.483. The van der Waals surface area contributed by atoms with Crippen molar-refractivity contribution in [2.75, 3.05) is 5.32 Å². The first-order chi connectivity index (χ1) is 10.4. The number of nitrogens with zero attached hydrogens (tertiary/aromatic N) is 3. The van der Waals surface area contributed by atoms with E-state index in [9.17, 15) is 14.4 Å². The van der Waals surface area contributed by atoms with E-state index >= 15 is 0 Å². The Bertz CT molecular complexity index is 758. The molecule has 2 rings (SSSR count). The molecule has 2 aromatic rings. The van der Waals surface area contributed by atoms with Gasteiger partial charge in [0.15, 0.2) is 5.69 Å². The number of aromatic carboxylic acids is 2. The number of carbonyl (C=O) groups is 3. The van der Waals surface area contributed by atoms with Crippen LogP contribution in [0.2, 0.25) is 0 Å². The summed E-state index contributed by atoms with van der Waals surface area (Å²) in [6.45, 7) is -0.483. The Kier molecular flexibility index (Phi) is 4.51. The van der Waals surface area contributed by atoms with E-state index in [1.165, 1.54) is 0 Å². The molecule has 0 aliphatic rings. The maximum absolute atomic E-state index is 11.9. The average Bonchev–Trinajstić information content (AvgIpc) is 2.85. The molecule has 0 radical (unpaired) electrons. The van der Waals surface area contributed by atoms with Gasteiger partial charge in [-0.2, -0.15) is 0 Å². The van der Waals surface area contributed by atoms with Gasteiger partial charge in [-0.15, -0.1) is 5.10 Å². The lowest BCUT2D eigenvalue weighted by molar-refractivity contribution is -0.116. The van der Waals surface area contributed by atoms with Crippen LogP contribution < -0.4 is 5.32 Å². The van der Waals surface area contributed by atoms with Crippen molar-refractivity contribution in [2.24, 2.45) is 0 Å². The van der Waals surface area contributed by atoms with Gasteiger partial charge in [0.05, 0.1) is 5.69 Å². The normalized spacial score (nSPS) is 10.2. The molecule has 9 nitrogen and oxygen atoms in total. The van der Waals surface area contributed by atoms with E-state index in [2.05, 4.69) is 31.6 Å². The SMILES string of the molecule is O=C(Cn1nnc(C(=O)O)c1C(=O)O)Nc1ccccc1Br. The van der Waals surface area contributed by atoms with Crippen molar-refractivity contribution in [2.45, 2.75) is 6.54 Å². The summed E-state index contributed by atoms with van der Waals surface area (Å²) in [5, 5.41) is 27.1. The van der Waals surface area contributed by atoms with Crippen molar-refractivity contribution in [3.8, 4) is 0 Å². The fourth-order valence-corrected chi connectivity index (χ4v) is 2.05.